The van der Waals surface area contributed by atoms with E-state index < -0.39 is 0 Å². The minimum absolute atomic E-state index is 0.406. The minimum atomic E-state index is 0.406. The quantitative estimate of drug-likeness (QED) is 0.795. The van der Waals surface area contributed by atoms with Crippen molar-refractivity contribution in [2.45, 2.75) is 30.9 Å². The van der Waals surface area contributed by atoms with Crippen LogP contribution < -0.4 is 0 Å². The summed E-state index contributed by atoms with van der Waals surface area (Å²) in [6, 6.07) is 12.0. The maximum absolute atomic E-state index is 8.93. The fraction of sp³-hybridized carbons (Fsp3) is 0.267. The van der Waals surface area contributed by atoms with Gasteiger partial charge in [-0.05, 0) is 19.1 Å². The van der Waals surface area contributed by atoms with Crippen molar-refractivity contribution in [3.05, 3.63) is 41.9 Å². The van der Waals surface area contributed by atoms with Crippen molar-refractivity contribution in [3.8, 4) is 17.3 Å². The summed E-state index contributed by atoms with van der Waals surface area (Å²) in [6.07, 6.45) is 0. The van der Waals surface area contributed by atoms with Crippen LogP contribution in [0.15, 0.2) is 35.2 Å². The summed E-state index contributed by atoms with van der Waals surface area (Å²) in [5, 5.41) is 9.50. The largest absolute Gasteiger partial charge is 0.233 e. The van der Waals surface area contributed by atoms with Gasteiger partial charge in [-0.1, -0.05) is 26.0 Å². The van der Waals surface area contributed by atoms with E-state index in [1.165, 1.54) is 4.90 Å². The van der Waals surface area contributed by atoms with Gasteiger partial charge in [-0.2, -0.15) is 5.26 Å². The Balaban J connectivity index is 2.32. The highest BCUT2D eigenvalue weighted by Crippen LogP contribution is 2.26. The highest BCUT2D eigenvalue weighted by Gasteiger charge is 2.05. The summed E-state index contributed by atoms with van der Waals surface area (Å²) in [6.45, 7) is 6.14. The van der Waals surface area contributed by atoms with Crippen LogP contribution >= 0.6 is 11.8 Å². The van der Waals surface area contributed by atoms with Crippen molar-refractivity contribution in [1.82, 2.24) is 9.97 Å². The predicted octanol–water partition coefficient (Wildman–Crippen LogP) is 3.82. The van der Waals surface area contributed by atoms with Gasteiger partial charge in [0.25, 0.3) is 0 Å². The van der Waals surface area contributed by atoms with Gasteiger partial charge >= 0.3 is 0 Å². The van der Waals surface area contributed by atoms with Gasteiger partial charge in [0.05, 0.1) is 5.69 Å². The van der Waals surface area contributed by atoms with Crippen LogP contribution in [0, 0.1) is 18.3 Å². The van der Waals surface area contributed by atoms with Crippen LogP contribution in [-0.2, 0) is 0 Å². The van der Waals surface area contributed by atoms with Crippen molar-refractivity contribution < 1.29 is 0 Å². The van der Waals surface area contributed by atoms with Crippen LogP contribution in [0.3, 0.4) is 0 Å². The van der Waals surface area contributed by atoms with Crippen LogP contribution in [-0.4, -0.2) is 15.2 Å². The Labute approximate surface area is 117 Å². The molecule has 19 heavy (non-hydrogen) atoms. The zero-order valence-corrected chi connectivity index (χ0v) is 12.0. The highest BCUT2D eigenvalue weighted by molar-refractivity contribution is 7.99. The van der Waals surface area contributed by atoms with Gasteiger partial charge in [-0.25, -0.2) is 9.97 Å². The van der Waals surface area contributed by atoms with E-state index in [-0.39, 0.29) is 0 Å². The topological polar surface area (TPSA) is 49.6 Å². The molecule has 1 aromatic heterocycles. The highest BCUT2D eigenvalue weighted by atomic mass is 32.2. The van der Waals surface area contributed by atoms with Gasteiger partial charge in [-0.3, -0.25) is 0 Å². The number of thioether (sulfide) groups is 1. The van der Waals surface area contributed by atoms with Crippen molar-refractivity contribution in [1.29, 1.82) is 5.26 Å². The van der Waals surface area contributed by atoms with E-state index in [0.717, 1.165) is 11.3 Å². The standard InChI is InChI=1S/C15H15N3S/c1-10(2)19-14-6-4-12(5-7-14)15-8-13(9-16)17-11(3)18-15/h4-8,10H,1-3H3. The van der Waals surface area contributed by atoms with E-state index in [1.54, 1.807) is 13.0 Å². The minimum Gasteiger partial charge on any atom is -0.233 e. The van der Waals surface area contributed by atoms with Gasteiger partial charge in [0.2, 0.25) is 0 Å². The Morgan fingerprint density at radius 2 is 1.84 bits per heavy atom. The molecule has 0 amide bonds. The van der Waals surface area contributed by atoms with Gasteiger partial charge in [0.15, 0.2) is 0 Å². The first-order valence-electron chi connectivity index (χ1n) is 6.11. The molecule has 4 heteroatoms. The molecule has 0 bridgehead atoms. The molecule has 1 aromatic carbocycles. The Bertz CT molecular complexity index is 612. The van der Waals surface area contributed by atoms with Gasteiger partial charge in [-0.15, -0.1) is 11.8 Å². The van der Waals surface area contributed by atoms with E-state index in [9.17, 15) is 0 Å². The van der Waals surface area contributed by atoms with Crippen molar-refractivity contribution >= 4 is 11.8 Å². The molecule has 0 saturated heterocycles. The lowest BCUT2D eigenvalue weighted by Crippen LogP contribution is -1.94. The number of benzene rings is 1. The van der Waals surface area contributed by atoms with E-state index in [0.29, 0.717) is 16.8 Å². The lowest BCUT2D eigenvalue weighted by molar-refractivity contribution is 1.04. The van der Waals surface area contributed by atoms with Crippen LogP contribution in [0.1, 0.15) is 25.4 Å². The molecule has 0 saturated carbocycles. The third kappa shape index (κ3) is 3.55. The predicted molar refractivity (Wildman–Crippen MR) is 77.9 cm³/mol. The van der Waals surface area contributed by atoms with Gasteiger partial charge in [0, 0.05) is 21.8 Å². The molecule has 0 aliphatic carbocycles. The number of nitrogens with zero attached hydrogens (tertiary/aromatic N) is 3. The van der Waals surface area contributed by atoms with Crippen LogP contribution in [0.25, 0.3) is 11.3 Å². The Kier molecular flexibility index (Phi) is 4.18. The summed E-state index contributed by atoms with van der Waals surface area (Å²) < 4.78 is 0. The first-order valence-corrected chi connectivity index (χ1v) is 6.99. The number of aryl methyl sites for hydroxylation is 1. The monoisotopic (exact) mass is 269 g/mol. The van der Waals surface area contributed by atoms with Crippen molar-refractivity contribution in [2.24, 2.45) is 0 Å². The maximum Gasteiger partial charge on any atom is 0.144 e. The molecule has 0 aliphatic rings. The fourth-order valence-electron chi connectivity index (χ4n) is 1.75. The fourth-order valence-corrected chi connectivity index (χ4v) is 2.59. The van der Waals surface area contributed by atoms with Gasteiger partial charge < -0.3 is 0 Å². The lowest BCUT2D eigenvalue weighted by atomic mass is 10.1. The van der Waals surface area contributed by atoms with E-state index in [4.69, 9.17) is 5.26 Å². The van der Waals surface area contributed by atoms with E-state index >= 15 is 0 Å². The van der Waals surface area contributed by atoms with E-state index in [2.05, 4.69) is 42.0 Å². The summed E-state index contributed by atoms with van der Waals surface area (Å²) in [5.74, 6) is 0.620. The molecule has 3 nitrogen and oxygen atoms in total. The smallest absolute Gasteiger partial charge is 0.144 e. The molecule has 0 N–H and O–H groups in total. The lowest BCUT2D eigenvalue weighted by Gasteiger charge is -2.06. The normalized spacial score (nSPS) is 10.5. The molecule has 1 heterocycles. The molecule has 0 atom stereocenters. The summed E-state index contributed by atoms with van der Waals surface area (Å²) in [4.78, 5) is 9.67. The zero-order chi connectivity index (χ0) is 13.8. The third-order valence-corrected chi connectivity index (χ3v) is 3.49. The van der Waals surface area contributed by atoms with Crippen molar-refractivity contribution in [3.63, 3.8) is 0 Å². The number of hydrogen-bond acceptors (Lipinski definition) is 4. The third-order valence-electron chi connectivity index (χ3n) is 2.47. The SMILES string of the molecule is Cc1nc(C#N)cc(-c2ccc(SC(C)C)cc2)n1. The Hall–Kier alpha value is -1.86. The van der Waals surface area contributed by atoms with Gasteiger partial charge in [0.1, 0.15) is 17.6 Å². The van der Waals surface area contributed by atoms with Crippen LogP contribution in [0.2, 0.25) is 0 Å². The molecule has 0 spiro atoms. The molecule has 0 radical (unpaired) electrons. The molecule has 0 fully saturated rings. The second kappa shape index (κ2) is 5.85. The summed E-state index contributed by atoms with van der Waals surface area (Å²) in [7, 11) is 0. The van der Waals surface area contributed by atoms with Crippen molar-refractivity contribution in [2.75, 3.05) is 0 Å². The van der Waals surface area contributed by atoms with E-state index in [1.807, 2.05) is 23.9 Å². The first-order chi connectivity index (χ1) is 9.08. The number of aromatic nitrogens is 2. The maximum atomic E-state index is 8.93. The average molecular weight is 269 g/mol. The zero-order valence-electron chi connectivity index (χ0n) is 11.2. The van der Waals surface area contributed by atoms with Crippen LogP contribution in [0.5, 0.6) is 0 Å². The number of rotatable bonds is 3. The molecular formula is C15H15N3S. The number of hydrogen-bond donors (Lipinski definition) is 0. The molecule has 2 rings (SSSR count). The molecule has 96 valence electrons. The molecule has 0 unspecified atom stereocenters. The second-order valence-electron chi connectivity index (χ2n) is 4.49. The second-order valence-corrected chi connectivity index (χ2v) is 6.14. The molecule has 2 aromatic rings. The Morgan fingerprint density at radius 3 is 2.42 bits per heavy atom. The first kappa shape index (κ1) is 13.6. The number of nitriles is 1. The molecule has 0 aliphatic heterocycles. The summed E-state index contributed by atoms with van der Waals surface area (Å²) in [5.41, 5.74) is 2.21. The molecular weight excluding hydrogens is 254 g/mol. The summed E-state index contributed by atoms with van der Waals surface area (Å²) >= 11 is 1.83. The van der Waals surface area contributed by atoms with Crippen LogP contribution in [0.4, 0.5) is 0 Å². The Morgan fingerprint density at radius 1 is 1.16 bits per heavy atom. The average Bonchev–Trinajstić information content (AvgIpc) is 2.38.